The average Bonchev–Trinajstić information content (AvgIpc) is 2.64. The molecule has 3 rings (SSSR count). The van der Waals surface area contributed by atoms with Crippen LogP contribution in [0.3, 0.4) is 0 Å². The number of hydrogen-bond acceptors (Lipinski definition) is 7. The fourth-order valence-electron chi connectivity index (χ4n) is 4.20. The van der Waals surface area contributed by atoms with Gasteiger partial charge in [0, 0.05) is 44.5 Å². The molecule has 0 fully saturated rings. The highest BCUT2D eigenvalue weighted by molar-refractivity contribution is 5.78. The normalized spacial score (nSPS) is 19.0. The fraction of sp³-hybridized carbons (Fsp3) is 0.700. The zero-order chi connectivity index (χ0) is 19.6. The molecular weight excluding hydrogens is 344 g/mol. The molecule has 2 aliphatic rings. The quantitative estimate of drug-likeness (QED) is 0.772. The van der Waals surface area contributed by atoms with Crippen molar-refractivity contribution < 1.29 is 14.6 Å². The third kappa shape index (κ3) is 4.16. The van der Waals surface area contributed by atoms with Crippen molar-refractivity contribution in [2.45, 2.75) is 33.0 Å². The van der Waals surface area contributed by atoms with Crippen LogP contribution < -0.4 is 14.5 Å². The van der Waals surface area contributed by atoms with Crippen molar-refractivity contribution in [1.82, 2.24) is 9.80 Å². The van der Waals surface area contributed by atoms with Crippen LogP contribution in [-0.4, -0.2) is 81.9 Å². The van der Waals surface area contributed by atoms with Crippen molar-refractivity contribution in [2.75, 3.05) is 70.6 Å². The van der Waals surface area contributed by atoms with Gasteiger partial charge in [-0.25, -0.2) is 0 Å². The molecule has 1 aromatic carbocycles. The summed E-state index contributed by atoms with van der Waals surface area (Å²) in [5.41, 5.74) is 5.18. The number of methoxy groups -OCH3 is 1. The Morgan fingerprint density at radius 1 is 1.00 bits per heavy atom. The molecule has 0 amide bonds. The van der Waals surface area contributed by atoms with Crippen LogP contribution >= 0.6 is 0 Å². The third-order valence-electron chi connectivity index (χ3n) is 5.29. The highest BCUT2D eigenvalue weighted by Gasteiger charge is 2.32. The van der Waals surface area contributed by atoms with Gasteiger partial charge in [-0.3, -0.25) is 9.80 Å². The average molecular weight is 379 g/mol. The predicted molar refractivity (Wildman–Crippen MR) is 109 cm³/mol. The van der Waals surface area contributed by atoms with E-state index in [0.29, 0.717) is 0 Å². The summed E-state index contributed by atoms with van der Waals surface area (Å²) < 4.78 is 11.2. The molecule has 1 unspecified atom stereocenters. The standard InChI is InChI=1S/C20H34N4O3/c1-6-23-13-21(3)9-15-8-18(27-12-16(25)11-26-5)20-17(19(15)23)10-22(4)14-24(20)7-2/h8,16,25H,6-7,9-14H2,1-5H3. The summed E-state index contributed by atoms with van der Waals surface area (Å²) in [6.45, 7) is 10.4. The molecule has 1 atom stereocenters. The Kier molecular flexibility index (Phi) is 6.47. The van der Waals surface area contributed by atoms with Gasteiger partial charge in [-0.05, 0) is 39.6 Å². The molecular formula is C20H34N4O3. The SMILES string of the molecule is CCN1CN(C)Cc2cc(OCC(O)COC)c3c(c21)CN(C)CN3CC. The molecule has 0 spiro atoms. The van der Waals surface area contributed by atoms with E-state index in [1.165, 1.54) is 22.5 Å². The lowest BCUT2D eigenvalue weighted by Gasteiger charge is -2.43. The van der Waals surface area contributed by atoms with Crippen LogP contribution in [0.15, 0.2) is 6.07 Å². The highest BCUT2D eigenvalue weighted by Crippen LogP contribution is 2.45. The molecule has 0 bridgehead atoms. The second kappa shape index (κ2) is 8.65. The first-order chi connectivity index (χ1) is 13.0. The number of ether oxygens (including phenoxy) is 2. The number of aliphatic hydroxyl groups excluding tert-OH is 1. The van der Waals surface area contributed by atoms with Crippen LogP contribution in [0.4, 0.5) is 11.4 Å². The van der Waals surface area contributed by atoms with Crippen molar-refractivity contribution >= 4 is 11.4 Å². The number of aliphatic hydroxyl groups is 1. The molecule has 0 aliphatic carbocycles. The van der Waals surface area contributed by atoms with Gasteiger partial charge in [-0.15, -0.1) is 0 Å². The van der Waals surface area contributed by atoms with Crippen LogP contribution in [0.5, 0.6) is 5.75 Å². The number of hydrogen-bond donors (Lipinski definition) is 1. The first-order valence-electron chi connectivity index (χ1n) is 9.83. The maximum Gasteiger partial charge on any atom is 0.143 e. The smallest absolute Gasteiger partial charge is 0.143 e. The lowest BCUT2D eigenvalue weighted by Crippen LogP contribution is -2.45. The van der Waals surface area contributed by atoms with E-state index in [0.717, 1.165) is 45.3 Å². The Hall–Kier alpha value is -1.54. The number of fused-ring (bicyclic) bond motifs is 3. The largest absolute Gasteiger partial charge is 0.489 e. The zero-order valence-corrected chi connectivity index (χ0v) is 17.4. The molecule has 0 radical (unpaired) electrons. The van der Waals surface area contributed by atoms with Gasteiger partial charge in [0.1, 0.15) is 18.5 Å². The van der Waals surface area contributed by atoms with Crippen LogP contribution in [0, 0.1) is 0 Å². The van der Waals surface area contributed by atoms with E-state index in [1.807, 2.05) is 0 Å². The summed E-state index contributed by atoms with van der Waals surface area (Å²) in [5.74, 6) is 0.875. The van der Waals surface area contributed by atoms with Crippen LogP contribution in [0.25, 0.3) is 0 Å². The highest BCUT2D eigenvalue weighted by atomic mass is 16.5. The minimum Gasteiger partial charge on any atom is -0.489 e. The van der Waals surface area contributed by atoms with Crippen molar-refractivity contribution in [1.29, 1.82) is 0 Å². The Bertz CT molecular complexity index is 655. The molecule has 2 heterocycles. The minimum atomic E-state index is -0.627. The molecule has 1 aromatic rings. The predicted octanol–water partition coefficient (Wildman–Crippen LogP) is 1.53. The van der Waals surface area contributed by atoms with Crippen LogP contribution in [0.1, 0.15) is 25.0 Å². The molecule has 7 nitrogen and oxygen atoms in total. The first kappa shape index (κ1) is 20.2. The molecule has 2 aliphatic heterocycles. The monoisotopic (exact) mass is 378 g/mol. The zero-order valence-electron chi connectivity index (χ0n) is 17.4. The Labute approximate surface area is 163 Å². The number of benzene rings is 1. The molecule has 0 aromatic heterocycles. The summed E-state index contributed by atoms with van der Waals surface area (Å²) in [6.07, 6.45) is -0.627. The molecule has 27 heavy (non-hydrogen) atoms. The van der Waals surface area contributed by atoms with E-state index >= 15 is 0 Å². The van der Waals surface area contributed by atoms with Crippen molar-refractivity contribution in [2.24, 2.45) is 0 Å². The molecule has 0 saturated heterocycles. The maximum absolute atomic E-state index is 10.1. The van der Waals surface area contributed by atoms with Gasteiger partial charge in [-0.1, -0.05) is 0 Å². The second-order valence-electron chi connectivity index (χ2n) is 7.65. The van der Waals surface area contributed by atoms with Gasteiger partial charge < -0.3 is 24.4 Å². The summed E-state index contributed by atoms with van der Waals surface area (Å²) in [6, 6.07) is 2.18. The van der Waals surface area contributed by atoms with Gasteiger partial charge in [0.25, 0.3) is 0 Å². The molecule has 7 heteroatoms. The van der Waals surface area contributed by atoms with Gasteiger partial charge in [0.05, 0.1) is 25.6 Å². The Morgan fingerprint density at radius 2 is 1.63 bits per heavy atom. The van der Waals surface area contributed by atoms with Gasteiger partial charge in [-0.2, -0.15) is 0 Å². The maximum atomic E-state index is 10.1. The fourth-order valence-corrected chi connectivity index (χ4v) is 4.20. The molecule has 0 saturated carbocycles. The van der Waals surface area contributed by atoms with Crippen molar-refractivity contribution in [3.8, 4) is 5.75 Å². The summed E-state index contributed by atoms with van der Waals surface area (Å²) >= 11 is 0. The van der Waals surface area contributed by atoms with E-state index in [-0.39, 0.29) is 13.2 Å². The summed E-state index contributed by atoms with van der Waals surface area (Å²) in [5, 5.41) is 10.1. The minimum absolute atomic E-state index is 0.236. The second-order valence-corrected chi connectivity index (χ2v) is 7.65. The van der Waals surface area contributed by atoms with Gasteiger partial charge in [0.2, 0.25) is 0 Å². The van der Waals surface area contributed by atoms with E-state index in [2.05, 4.69) is 53.6 Å². The van der Waals surface area contributed by atoms with E-state index in [1.54, 1.807) is 7.11 Å². The Morgan fingerprint density at radius 3 is 2.26 bits per heavy atom. The van der Waals surface area contributed by atoms with Crippen molar-refractivity contribution in [3.05, 3.63) is 17.2 Å². The van der Waals surface area contributed by atoms with E-state index in [4.69, 9.17) is 9.47 Å². The van der Waals surface area contributed by atoms with Gasteiger partial charge in [0.15, 0.2) is 0 Å². The number of anilines is 2. The topological polar surface area (TPSA) is 51.7 Å². The number of rotatable bonds is 7. The summed E-state index contributed by atoms with van der Waals surface area (Å²) in [7, 11) is 5.91. The van der Waals surface area contributed by atoms with Gasteiger partial charge >= 0.3 is 0 Å². The molecule has 152 valence electrons. The summed E-state index contributed by atoms with van der Waals surface area (Å²) in [4.78, 5) is 9.49. The van der Waals surface area contributed by atoms with E-state index < -0.39 is 6.10 Å². The first-order valence-corrected chi connectivity index (χ1v) is 9.83. The van der Waals surface area contributed by atoms with Crippen LogP contribution in [0.2, 0.25) is 0 Å². The lowest BCUT2D eigenvalue weighted by molar-refractivity contribution is 0.0325. The van der Waals surface area contributed by atoms with Crippen molar-refractivity contribution in [3.63, 3.8) is 0 Å². The number of nitrogens with zero attached hydrogens (tertiary/aromatic N) is 4. The third-order valence-corrected chi connectivity index (χ3v) is 5.29. The van der Waals surface area contributed by atoms with E-state index in [9.17, 15) is 5.11 Å². The Balaban J connectivity index is 2.05. The molecule has 1 N–H and O–H groups in total. The lowest BCUT2D eigenvalue weighted by atomic mass is 9.97. The van der Waals surface area contributed by atoms with Crippen LogP contribution in [-0.2, 0) is 17.8 Å².